The molecule has 0 radical (unpaired) electrons. The van der Waals surface area contributed by atoms with Gasteiger partial charge in [0.2, 0.25) is 0 Å². The summed E-state index contributed by atoms with van der Waals surface area (Å²) >= 11 is 6.80. The summed E-state index contributed by atoms with van der Waals surface area (Å²) < 4.78 is 12.5. The predicted molar refractivity (Wildman–Crippen MR) is 108 cm³/mol. The van der Waals surface area contributed by atoms with Gasteiger partial charge in [-0.1, -0.05) is 0 Å². The van der Waals surface area contributed by atoms with Crippen LogP contribution in [0.25, 0.3) is 0 Å². The molecule has 2 rings (SSSR count). The van der Waals surface area contributed by atoms with E-state index in [4.69, 9.17) is 9.47 Å². The first kappa shape index (κ1) is 20.5. The molecule has 2 aromatic carbocycles. The molecule has 138 valence electrons. The summed E-state index contributed by atoms with van der Waals surface area (Å²) in [7, 11) is 0. The van der Waals surface area contributed by atoms with Gasteiger partial charge in [-0.3, -0.25) is 9.59 Å². The second-order valence-corrected chi connectivity index (χ2v) is 7.34. The van der Waals surface area contributed by atoms with Crippen LogP contribution < -0.4 is 14.8 Å². The van der Waals surface area contributed by atoms with E-state index in [1.807, 2.05) is 32.9 Å². The number of aldehydes is 1. The highest BCUT2D eigenvalue weighted by molar-refractivity contribution is 9.11. The van der Waals surface area contributed by atoms with Crippen LogP contribution in [0.1, 0.15) is 28.4 Å². The molecule has 1 amide bonds. The quantitative estimate of drug-likeness (QED) is 0.558. The SMILES string of the molecule is CCOc1cc(C=O)cc(Br)c1OCC(=O)Nc1cc(C)c(C)cc1Br. The summed E-state index contributed by atoms with van der Waals surface area (Å²) in [5, 5.41) is 2.82. The van der Waals surface area contributed by atoms with Crippen molar-refractivity contribution in [1.82, 2.24) is 0 Å². The predicted octanol–water partition coefficient (Wildman–Crippen LogP) is 5.06. The lowest BCUT2D eigenvalue weighted by atomic mass is 10.1. The Morgan fingerprint density at radius 1 is 1.08 bits per heavy atom. The van der Waals surface area contributed by atoms with Crippen molar-refractivity contribution in [3.63, 3.8) is 0 Å². The molecule has 0 saturated carbocycles. The average molecular weight is 485 g/mol. The third-order valence-electron chi connectivity index (χ3n) is 3.67. The zero-order chi connectivity index (χ0) is 19.3. The van der Waals surface area contributed by atoms with E-state index in [2.05, 4.69) is 37.2 Å². The topological polar surface area (TPSA) is 64.6 Å². The Bertz CT molecular complexity index is 837. The van der Waals surface area contributed by atoms with Crippen LogP contribution in [0.2, 0.25) is 0 Å². The van der Waals surface area contributed by atoms with Gasteiger partial charge in [0, 0.05) is 10.0 Å². The van der Waals surface area contributed by atoms with Gasteiger partial charge in [0.05, 0.1) is 16.8 Å². The summed E-state index contributed by atoms with van der Waals surface area (Å²) in [6.07, 6.45) is 0.723. The zero-order valence-electron chi connectivity index (χ0n) is 14.7. The number of hydrogen-bond donors (Lipinski definition) is 1. The normalized spacial score (nSPS) is 10.3. The first-order chi connectivity index (χ1) is 12.3. The molecule has 0 aromatic heterocycles. The Balaban J connectivity index is 2.12. The van der Waals surface area contributed by atoms with Gasteiger partial charge in [0.25, 0.3) is 5.91 Å². The van der Waals surface area contributed by atoms with Crippen LogP contribution in [0.15, 0.2) is 33.2 Å². The number of ether oxygens (including phenoxy) is 2. The standard InChI is InChI=1S/C19H19Br2NO4/c1-4-25-17-8-13(9-23)7-15(21)19(17)26-10-18(24)22-16-6-12(3)11(2)5-14(16)20/h5-9H,4,10H2,1-3H3,(H,22,24). The second kappa shape index (κ2) is 9.19. The minimum atomic E-state index is -0.303. The van der Waals surface area contributed by atoms with Gasteiger partial charge in [0.15, 0.2) is 18.1 Å². The van der Waals surface area contributed by atoms with Gasteiger partial charge < -0.3 is 14.8 Å². The highest BCUT2D eigenvalue weighted by Gasteiger charge is 2.15. The maximum atomic E-state index is 12.3. The Kier molecular flexibility index (Phi) is 7.23. The third kappa shape index (κ3) is 5.08. The fourth-order valence-corrected chi connectivity index (χ4v) is 3.39. The Hall–Kier alpha value is -1.86. The van der Waals surface area contributed by atoms with Crippen LogP contribution in [-0.4, -0.2) is 25.4 Å². The van der Waals surface area contributed by atoms with E-state index in [-0.39, 0.29) is 12.5 Å². The molecule has 0 aliphatic heterocycles. The highest BCUT2D eigenvalue weighted by Crippen LogP contribution is 2.36. The molecule has 0 unspecified atom stereocenters. The van der Waals surface area contributed by atoms with E-state index < -0.39 is 0 Å². The third-order valence-corrected chi connectivity index (χ3v) is 4.92. The Morgan fingerprint density at radius 3 is 2.42 bits per heavy atom. The summed E-state index contributed by atoms with van der Waals surface area (Å²) in [5.41, 5.74) is 3.35. The van der Waals surface area contributed by atoms with Crippen molar-refractivity contribution >= 4 is 49.7 Å². The van der Waals surface area contributed by atoms with Gasteiger partial charge in [-0.25, -0.2) is 0 Å². The van der Waals surface area contributed by atoms with E-state index >= 15 is 0 Å². The van der Waals surface area contributed by atoms with Crippen LogP contribution in [0.5, 0.6) is 11.5 Å². The number of halogens is 2. The lowest BCUT2D eigenvalue weighted by Crippen LogP contribution is -2.21. The van der Waals surface area contributed by atoms with Gasteiger partial charge in [-0.2, -0.15) is 0 Å². The Labute approximate surface area is 169 Å². The van der Waals surface area contributed by atoms with E-state index in [9.17, 15) is 9.59 Å². The zero-order valence-corrected chi connectivity index (χ0v) is 17.9. The largest absolute Gasteiger partial charge is 0.490 e. The van der Waals surface area contributed by atoms with E-state index in [0.29, 0.717) is 33.8 Å². The van der Waals surface area contributed by atoms with Crippen LogP contribution in [0.4, 0.5) is 5.69 Å². The fourth-order valence-electron chi connectivity index (χ4n) is 2.26. The number of amides is 1. The maximum absolute atomic E-state index is 12.3. The molecule has 7 heteroatoms. The summed E-state index contributed by atoms with van der Waals surface area (Å²) in [6, 6.07) is 7.04. The molecule has 0 heterocycles. The molecule has 0 aliphatic carbocycles. The molecule has 0 aliphatic rings. The number of carbonyl (C=O) groups excluding carboxylic acids is 2. The van der Waals surface area contributed by atoms with Crippen molar-refractivity contribution in [2.75, 3.05) is 18.5 Å². The number of carbonyl (C=O) groups is 2. The summed E-state index contributed by atoms with van der Waals surface area (Å²) in [5.74, 6) is 0.485. The van der Waals surface area contributed by atoms with E-state index in [0.717, 1.165) is 21.9 Å². The minimum absolute atomic E-state index is 0.196. The number of rotatable bonds is 7. The number of anilines is 1. The van der Waals surface area contributed by atoms with Gasteiger partial charge >= 0.3 is 0 Å². The number of benzene rings is 2. The monoisotopic (exact) mass is 483 g/mol. The summed E-state index contributed by atoms with van der Waals surface area (Å²) in [6.45, 7) is 6.03. The lowest BCUT2D eigenvalue weighted by molar-refractivity contribution is -0.118. The molecule has 0 spiro atoms. The second-order valence-electron chi connectivity index (χ2n) is 5.63. The van der Waals surface area contributed by atoms with Gasteiger partial charge in [-0.05, 0) is 88.0 Å². The highest BCUT2D eigenvalue weighted by atomic mass is 79.9. The molecule has 2 aromatic rings. The van der Waals surface area contributed by atoms with Gasteiger partial charge in [0.1, 0.15) is 6.29 Å². The number of nitrogens with one attached hydrogen (secondary N) is 1. The Morgan fingerprint density at radius 2 is 1.77 bits per heavy atom. The molecule has 0 atom stereocenters. The van der Waals surface area contributed by atoms with E-state index in [1.165, 1.54) is 0 Å². The van der Waals surface area contributed by atoms with E-state index in [1.54, 1.807) is 12.1 Å². The molecule has 5 nitrogen and oxygen atoms in total. The van der Waals surface area contributed by atoms with Crippen molar-refractivity contribution in [1.29, 1.82) is 0 Å². The van der Waals surface area contributed by atoms with Crippen LogP contribution in [0, 0.1) is 13.8 Å². The molecular weight excluding hydrogens is 466 g/mol. The minimum Gasteiger partial charge on any atom is -0.490 e. The molecular formula is C19H19Br2NO4. The fraction of sp³-hybridized carbons (Fsp3) is 0.263. The maximum Gasteiger partial charge on any atom is 0.262 e. The van der Waals surface area contributed by atoms with Crippen molar-refractivity contribution < 1.29 is 19.1 Å². The van der Waals surface area contributed by atoms with Crippen molar-refractivity contribution in [2.24, 2.45) is 0 Å². The van der Waals surface area contributed by atoms with Gasteiger partial charge in [-0.15, -0.1) is 0 Å². The van der Waals surface area contributed by atoms with Crippen LogP contribution in [0.3, 0.4) is 0 Å². The first-order valence-electron chi connectivity index (χ1n) is 7.96. The molecule has 1 N–H and O–H groups in total. The van der Waals surface area contributed by atoms with Crippen LogP contribution in [-0.2, 0) is 4.79 Å². The smallest absolute Gasteiger partial charge is 0.262 e. The van der Waals surface area contributed by atoms with Crippen molar-refractivity contribution in [2.45, 2.75) is 20.8 Å². The molecule has 26 heavy (non-hydrogen) atoms. The van der Waals surface area contributed by atoms with Crippen LogP contribution >= 0.6 is 31.9 Å². The van der Waals surface area contributed by atoms with Crippen molar-refractivity contribution in [3.05, 3.63) is 49.9 Å². The average Bonchev–Trinajstić information content (AvgIpc) is 2.59. The van der Waals surface area contributed by atoms with Crippen molar-refractivity contribution in [3.8, 4) is 11.5 Å². The lowest BCUT2D eigenvalue weighted by Gasteiger charge is -2.15. The first-order valence-corrected chi connectivity index (χ1v) is 9.55. The number of aryl methyl sites for hydroxylation is 2. The number of hydrogen-bond acceptors (Lipinski definition) is 4. The summed E-state index contributed by atoms with van der Waals surface area (Å²) in [4.78, 5) is 23.3. The molecule has 0 bridgehead atoms. The molecule has 0 saturated heterocycles. The molecule has 0 fully saturated rings.